The van der Waals surface area contributed by atoms with Gasteiger partial charge in [0.15, 0.2) is 11.0 Å². The number of aromatic amines is 1. The van der Waals surface area contributed by atoms with Gasteiger partial charge < -0.3 is 57.5 Å². The summed E-state index contributed by atoms with van der Waals surface area (Å²) >= 11 is 5.65. The lowest BCUT2D eigenvalue weighted by atomic mass is 10.1. The Morgan fingerprint density at radius 2 is 1.53 bits per heavy atom. The molecule has 0 radical (unpaired) electrons. The number of ether oxygens (including phenoxy) is 6. The Labute approximate surface area is 360 Å². The second-order valence-corrected chi connectivity index (χ2v) is 19.0. The molecule has 2 aliphatic rings. The molecule has 5 N–H and O–H groups in total. The van der Waals surface area contributed by atoms with E-state index in [1.807, 2.05) is 12.1 Å². The van der Waals surface area contributed by atoms with E-state index in [2.05, 4.69) is 54.4 Å². The van der Waals surface area contributed by atoms with Crippen LogP contribution in [0.2, 0.25) is 0 Å². The van der Waals surface area contributed by atoms with Gasteiger partial charge >= 0.3 is 29.2 Å². The number of nitrogens with one attached hydrogen (secondary N) is 1. The maximum absolute atomic E-state index is 13.1. The monoisotopic (exact) mass is 955 g/mol. The van der Waals surface area contributed by atoms with Crippen molar-refractivity contribution in [1.29, 1.82) is 0 Å². The zero-order valence-corrected chi connectivity index (χ0v) is 37.7. The van der Waals surface area contributed by atoms with Crippen molar-refractivity contribution < 1.29 is 74.8 Å². The summed E-state index contributed by atoms with van der Waals surface area (Å²) in [5.74, 6) is 0.807. The van der Waals surface area contributed by atoms with Crippen LogP contribution < -0.4 is 16.0 Å². The first-order chi connectivity index (χ1) is 29.3. The second-order valence-electron chi connectivity index (χ2n) is 14.2. The minimum absolute atomic E-state index is 0.00949. The van der Waals surface area contributed by atoms with Gasteiger partial charge in [-0.15, -0.1) is 0 Å². The quantitative estimate of drug-likeness (QED) is 0.0334. The van der Waals surface area contributed by atoms with Gasteiger partial charge in [0.25, 0.3) is 5.56 Å². The van der Waals surface area contributed by atoms with Crippen LogP contribution in [-0.2, 0) is 70.2 Å². The molecule has 3 aromatic rings. The first-order valence-electron chi connectivity index (χ1n) is 19.3. The Morgan fingerprint density at radius 3 is 2.18 bits per heavy atom. The number of rotatable bonds is 26. The summed E-state index contributed by atoms with van der Waals surface area (Å²) in [6.07, 6.45) is 4.00. The Kier molecular flexibility index (Phi) is 18.4. The van der Waals surface area contributed by atoms with Crippen LogP contribution in [0.25, 0.3) is 11.0 Å². The van der Waals surface area contributed by atoms with E-state index in [0.29, 0.717) is 44.4 Å². The molecule has 0 spiro atoms. The fourth-order valence-electron chi connectivity index (χ4n) is 6.33. The fourth-order valence-corrected chi connectivity index (χ4v) is 9.63. The predicted molar refractivity (Wildman–Crippen MR) is 223 cm³/mol. The van der Waals surface area contributed by atoms with Crippen molar-refractivity contribution in [1.82, 2.24) is 23.6 Å². The lowest BCUT2D eigenvalue weighted by Gasteiger charge is -2.26. The number of phosphoric acid groups is 3. The van der Waals surface area contributed by atoms with E-state index in [0.717, 1.165) is 57.2 Å². The molecule has 0 aliphatic carbocycles. The second kappa shape index (κ2) is 22.8. The van der Waals surface area contributed by atoms with Crippen LogP contribution in [0.15, 0.2) is 57.8 Å². The number of hydrogen-bond donors (Lipinski definition) is 5. The van der Waals surface area contributed by atoms with E-state index in [9.17, 15) is 33.1 Å². The third-order valence-corrected chi connectivity index (χ3v) is 13.3. The highest BCUT2D eigenvalue weighted by Crippen LogP contribution is 2.66. The van der Waals surface area contributed by atoms with Crippen LogP contribution in [0.1, 0.15) is 32.6 Å². The van der Waals surface area contributed by atoms with E-state index in [-0.39, 0.29) is 32.4 Å². The van der Waals surface area contributed by atoms with Gasteiger partial charge in [-0.05, 0) is 51.2 Å². The first kappa shape index (κ1) is 50.0. The van der Waals surface area contributed by atoms with Crippen LogP contribution in [0.5, 0.6) is 5.75 Å². The van der Waals surface area contributed by atoms with Crippen LogP contribution >= 0.6 is 35.7 Å². The molecular formula is C35H52N5O18P3S. The molecule has 1 aromatic carbocycles. The molecule has 5 rings (SSSR count). The van der Waals surface area contributed by atoms with Gasteiger partial charge in [0, 0.05) is 43.5 Å². The van der Waals surface area contributed by atoms with Crippen molar-refractivity contribution in [3.8, 4) is 5.75 Å². The van der Waals surface area contributed by atoms with Gasteiger partial charge in [-0.25, -0.2) is 18.5 Å². The Morgan fingerprint density at radius 1 is 0.887 bits per heavy atom. The fraction of sp³-hybridized carbons (Fsp3) is 0.571. The van der Waals surface area contributed by atoms with Gasteiger partial charge in [0.05, 0.1) is 77.0 Å². The van der Waals surface area contributed by atoms with E-state index in [1.165, 1.54) is 23.9 Å². The SMILES string of the molecule is CC(C)=CCN1Cc2c(OCCOCCOCCOCCOCCn3c(=O)ccn([C@H]4C=C[C@@H](COP(=O)(O)OP(=O)(O)OP(=O)(O)O)O4)c3=O)ccc3[nH]c(=S)n(c23)C[C@@H]1C. The molecule has 2 aromatic heterocycles. The summed E-state index contributed by atoms with van der Waals surface area (Å²) in [5.41, 5.74) is 3.10. The third kappa shape index (κ3) is 15.1. The Hall–Kier alpha value is -2.96. The summed E-state index contributed by atoms with van der Waals surface area (Å²) in [5, 5.41) is 0. The highest BCUT2D eigenvalue weighted by Gasteiger charge is 2.41. The summed E-state index contributed by atoms with van der Waals surface area (Å²) in [7, 11) is -16.6. The molecule has 2 aliphatic heterocycles. The van der Waals surface area contributed by atoms with E-state index in [1.54, 1.807) is 0 Å². The summed E-state index contributed by atoms with van der Waals surface area (Å²) in [6.45, 7) is 10.5. The molecular weight excluding hydrogens is 903 g/mol. The van der Waals surface area contributed by atoms with Crippen LogP contribution in [-0.4, -0.2) is 128 Å². The largest absolute Gasteiger partial charge is 0.491 e. The van der Waals surface area contributed by atoms with E-state index >= 15 is 0 Å². The number of hydrogen-bond acceptors (Lipinski definition) is 16. The molecule has 0 saturated heterocycles. The zero-order valence-electron chi connectivity index (χ0n) is 34.2. The zero-order chi connectivity index (χ0) is 45.1. The molecule has 346 valence electrons. The third-order valence-electron chi connectivity index (χ3n) is 9.21. The Bertz CT molecular complexity index is 2370. The molecule has 0 amide bonds. The van der Waals surface area contributed by atoms with Crippen molar-refractivity contribution in [2.45, 2.75) is 58.8 Å². The lowest BCUT2D eigenvalue weighted by molar-refractivity contribution is -0.0118. The van der Waals surface area contributed by atoms with Crippen LogP contribution in [0.3, 0.4) is 0 Å². The van der Waals surface area contributed by atoms with Crippen LogP contribution in [0, 0.1) is 4.77 Å². The topological polar surface area (TPSA) is 283 Å². The minimum Gasteiger partial charge on any atom is -0.491 e. The smallest absolute Gasteiger partial charge is 0.490 e. The number of phosphoric ester groups is 1. The summed E-state index contributed by atoms with van der Waals surface area (Å²) in [4.78, 5) is 67.4. The van der Waals surface area contributed by atoms with E-state index < -0.39 is 53.7 Å². The van der Waals surface area contributed by atoms with Gasteiger partial charge in [-0.2, -0.15) is 8.62 Å². The average Bonchev–Trinajstić information content (AvgIpc) is 3.73. The number of aromatic nitrogens is 4. The maximum atomic E-state index is 13.1. The highest BCUT2D eigenvalue weighted by atomic mass is 32.1. The average molecular weight is 956 g/mol. The molecule has 0 fully saturated rings. The number of nitrogens with zero attached hydrogens (tertiary/aromatic N) is 4. The van der Waals surface area contributed by atoms with Crippen LogP contribution in [0.4, 0.5) is 0 Å². The summed E-state index contributed by atoms with van der Waals surface area (Å²) in [6, 6.07) is 5.40. The van der Waals surface area contributed by atoms with E-state index in [4.69, 9.17) is 50.4 Å². The molecule has 0 saturated carbocycles. The van der Waals surface area contributed by atoms with Gasteiger partial charge in [0.2, 0.25) is 0 Å². The van der Waals surface area contributed by atoms with Crippen molar-refractivity contribution in [2.75, 3.05) is 72.6 Å². The van der Waals surface area contributed by atoms with Gasteiger partial charge in [-0.3, -0.25) is 23.4 Å². The van der Waals surface area contributed by atoms with Crippen molar-refractivity contribution in [3.05, 3.63) is 79.4 Å². The molecule has 5 atom stereocenters. The molecule has 27 heteroatoms. The molecule has 4 heterocycles. The summed E-state index contributed by atoms with van der Waals surface area (Å²) < 4.78 is 85.1. The number of imidazole rings is 1. The normalized spacial score (nSPS) is 20.0. The standard InChI is InChI=1S/C35H52N5O18P3S/c1-25(2)8-10-37-23-28-30(6-5-29-33(28)40(22-26(37)3)34(62)36-29)54-21-20-53-19-18-52-17-16-51-15-14-50-13-12-38-31(41)9-11-39(35(38)42)32-7-4-27(56-32)24-55-60(46,47)58-61(48,49)57-59(43,44)45/h4-9,11,26-27,32H,10,12-24H2,1-3H3,(H,36,62)(H,46,47)(H,48,49)(H2,43,44,45)/t26-,27-,32+/m0/s1. The van der Waals surface area contributed by atoms with Crippen molar-refractivity contribution in [3.63, 3.8) is 0 Å². The first-order valence-corrected chi connectivity index (χ1v) is 24.2. The van der Waals surface area contributed by atoms with Gasteiger partial charge in [0.1, 0.15) is 18.5 Å². The predicted octanol–water partition coefficient (Wildman–Crippen LogP) is 3.13. The Balaban J connectivity index is 0.924. The highest BCUT2D eigenvalue weighted by molar-refractivity contribution is 7.71. The molecule has 62 heavy (non-hydrogen) atoms. The van der Waals surface area contributed by atoms with Crippen molar-refractivity contribution in [2.24, 2.45) is 0 Å². The minimum atomic E-state index is -5.69. The molecule has 0 bridgehead atoms. The van der Waals surface area contributed by atoms with Crippen molar-refractivity contribution >= 4 is 46.7 Å². The van der Waals surface area contributed by atoms with Gasteiger partial charge in [-0.1, -0.05) is 17.7 Å². The maximum Gasteiger partial charge on any atom is 0.490 e. The lowest BCUT2D eigenvalue weighted by Crippen LogP contribution is -2.41. The molecule has 23 nitrogen and oxygen atoms in total. The number of benzene rings is 1. The molecule has 2 unspecified atom stereocenters. The number of allylic oxidation sites excluding steroid dienone is 1. The number of H-pyrrole nitrogens is 1.